The van der Waals surface area contributed by atoms with E-state index < -0.39 is 12.0 Å². The predicted molar refractivity (Wildman–Crippen MR) is 84.9 cm³/mol. The molecule has 0 saturated heterocycles. The number of carboxylic acids is 1. The van der Waals surface area contributed by atoms with E-state index in [0.29, 0.717) is 18.6 Å². The summed E-state index contributed by atoms with van der Waals surface area (Å²) in [6.07, 6.45) is 3.04. The number of fused-ring (bicyclic) bond motifs is 1. The van der Waals surface area contributed by atoms with Crippen molar-refractivity contribution in [1.82, 2.24) is 5.32 Å². The molecule has 1 aliphatic heterocycles. The van der Waals surface area contributed by atoms with E-state index in [-0.39, 0.29) is 11.8 Å². The van der Waals surface area contributed by atoms with Gasteiger partial charge in [0.15, 0.2) is 0 Å². The molecule has 0 spiro atoms. The Bertz CT molecular complexity index is 521. The van der Waals surface area contributed by atoms with Crippen molar-refractivity contribution in [2.45, 2.75) is 24.8 Å². The van der Waals surface area contributed by atoms with Crippen LogP contribution in [-0.2, 0) is 9.59 Å². The number of amides is 1. The van der Waals surface area contributed by atoms with Gasteiger partial charge in [0.2, 0.25) is 5.91 Å². The maximum Gasteiger partial charge on any atom is 0.326 e. The molecule has 2 atom stereocenters. The first-order chi connectivity index (χ1) is 10.1. The average molecular weight is 308 g/mol. The lowest BCUT2D eigenvalue weighted by atomic mass is 9.90. The van der Waals surface area contributed by atoms with E-state index >= 15 is 0 Å². The molecular formula is C15H20N2O3S. The Morgan fingerprint density at radius 2 is 2.24 bits per heavy atom. The lowest BCUT2D eigenvalue weighted by Gasteiger charge is -2.27. The van der Waals surface area contributed by atoms with Crippen LogP contribution < -0.4 is 10.6 Å². The van der Waals surface area contributed by atoms with E-state index in [9.17, 15) is 14.7 Å². The zero-order chi connectivity index (χ0) is 15.2. The highest BCUT2D eigenvalue weighted by Crippen LogP contribution is 2.31. The Kier molecular flexibility index (Phi) is 5.50. The summed E-state index contributed by atoms with van der Waals surface area (Å²) in [5.74, 6) is -0.740. The minimum atomic E-state index is -0.973. The van der Waals surface area contributed by atoms with Gasteiger partial charge in [0.25, 0.3) is 0 Å². The second-order valence-corrected chi connectivity index (χ2v) is 6.02. The number of hydrogen-bond acceptors (Lipinski definition) is 4. The van der Waals surface area contributed by atoms with Crippen molar-refractivity contribution in [1.29, 1.82) is 0 Å². The molecule has 1 amide bonds. The number of nitrogens with one attached hydrogen (secondary N) is 2. The standard InChI is InChI=1S/C15H20N2O3S/c1-21-9-7-13(15(19)20)17-14(18)11-6-8-16-12-5-3-2-4-10(11)12/h2-5,11,13,16H,6-9H2,1H3,(H,17,18)(H,19,20)/t11?,13-/m1/s1. The third-order valence-electron chi connectivity index (χ3n) is 3.63. The number of carbonyl (C=O) groups is 2. The number of thioether (sulfide) groups is 1. The summed E-state index contributed by atoms with van der Waals surface area (Å²) in [5.41, 5.74) is 1.90. The predicted octanol–water partition coefficient (Wildman–Crippen LogP) is 1.91. The summed E-state index contributed by atoms with van der Waals surface area (Å²) in [7, 11) is 0. The van der Waals surface area contributed by atoms with Crippen LogP contribution in [0.3, 0.4) is 0 Å². The molecule has 1 heterocycles. The molecule has 0 bridgehead atoms. The van der Waals surface area contributed by atoms with Crippen LogP contribution in [-0.4, -0.2) is 41.6 Å². The summed E-state index contributed by atoms with van der Waals surface area (Å²) in [4.78, 5) is 23.7. The summed E-state index contributed by atoms with van der Waals surface area (Å²) >= 11 is 1.57. The molecule has 2 rings (SSSR count). The fourth-order valence-electron chi connectivity index (χ4n) is 2.51. The quantitative estimate of drug-likeness (QED) is 0.748. The van der Waals surface area contributed by atoms with Gasteiger partial charge in [-0.25, -0.2) is 4.79 Å². The first-order valence-corrected chi connectivity index (χ1v) is 8.37. The Balaban J connectivity index is 2.08. The van der Waals surface area contributed by atoms with Crippen molar-refractivity contribution in [3.8, 4) is 0 Å². The second-order valence-electron chi connectivity index (χ2n) is 5.04. The minimum absolute atomic E-state index is 0.197. The zero-order valence-electron chi connectivity index (χ0n) is 12.0. The summed E-state index contributed by atoms with van der Waals surface area (Å²) in [6.45, 7) is 0.720. The fourth-order valence-corrected chi connectivity index (χ4v) is 2.98. The number of aliphatic carboxylic acids is 1. The van der Waals surface area contributed by atoms with Crippen molar-refractivity contribution in [2.24, 2.45) is 0 Å². The number of benzene rings is 1. The van der Waals surface area contributed by atoms with Gasteiger partial charge in [-0.15, -0.1) is 0 Å². The smallest absolute Gasteiger partial charge is 0.326 e. The lowest BCUT2D eigenvalue weighted by Crippen LogP contribution is -2.44. The highest BCUT2D eigenvalue weighted by molar-refractivity contribution is 7.98. The van der Waals surface area contributed by atoms with Crippen molar-refractivity contribution in [3.63, 3.8) is 0 Å². The number of carbonyl (C=O) groups excluding carboxylic acids is 1. The van der Waals surface area contributed by atoms with E-state index in [1.54, 1.807) is 11.8 Å². The Labute approximate surface area is 128 Å². The molecule has 1 aromatic carbocycles. The van der Waals surface area contributed by atoms with Crippen LogP contribution in [0.15, 0.2) is 24.3 Å². The first-order valence-electron chi connectivity index (χ1n) is 6.98. The molecular weight excluding hydrogens is 288 g/mol. The van der Waals surface area contributed by atoms with Crippen molar-refractivity contribution < 1.29 is 14.7 Å². The Morgan fingerprint density at radius 3 is 2.95 bits per heavy atom. The van der Waals surface area contributed by atoms with Crippen LogP contribution in [0.2, 0.25) is 0 Å². The monoisotopic (exact) mass is 308 g/mol. The molecule has 0 aliphatic carbocycles. The molecule has 1 unspecified atom stereocenters. The van der Waals surface area contributed by atoms with E-state index in [1.165, 1.54) is 0 Å². The van der Waals surface area contributed by atoms with Gasteiger partial charge in [0.1, 0.15) is 6.04 Å². The van der Waals surface area contributed by atoms with E-state index in [1.807, 2.05) is 30.5 Å². The highest BCUT2D eigenvalue weighted by atomic mass is 32.2. The molecule has 114 valence electrons. The molecule has 0 saturated carbocycles. The average Bonchev–Trinajstić information content (AvgIpc) is 2.50. The van der Waals surface area contributed by atoms with Gasteiger partial charge >= 0.3 is 5.97 Å². The molecule has 21 heavy (non-hydrogen) atoms. The molecule has 3 N–H and O–H groups in total. The van der Waals surface area contributed by atoms with Gasteiger partial charge in [0, 0.05) is 12.2 Å². The lowest BCUT2D eigenvalue weighted by molar-refractivity contribution is -0.142. The molecule has 5 nitrogen and oxygen atoms in total. The number of hydrogen-bond donors (Lipinski definition) is 3. The van der Waals surface area contributed by atoms with Crippen molar-refractivity contribution in [2.75, 3.05) is 23.9 Å². The largest absolute Gasteiger partial charge is 0.480 e. The third-order valence-corrected chi connectivity index (χ3v) is 4.27. The molecule has 6 heteroatoms. The zero-order valence-corrected chi connectivity index (χ0v) is 12.8. The van der Waals surface area contributed by atoms with Crippen molar-refractivity contribution in [3.05, 3.63) is 29.8 Å². The summed E-state index contributed by atoms with van der Waals surface area (Å²) < 4.78 is 0. The number of carboxylic acid groups (broad SMARTS) is 1. The summed E-state index contributed by atoms with van der Waals surface area (Å²) in [5, 5.41) is 15.1. The third kappa shape index (κ3) is 3.91. The van der Waals surface area contributed by atoms with Gasteiger partial charge in [-0.05, 0) is 36.5 Å². The molecule has 0 aromatic heterocycles. The van der Waals surface area contributed by atoms with Gasteiger partial charge in [-0.3, -0.25) is 4.79 Å². The SMILES string of the molecule is CSCC[C@@H](NC(=O)C1CCNc2ccccc21)C(=O)O. The molecule has 0 radical (unpaired) electrons. The summed E-state index contributed by atoms with van der Waals surface area (Å²) in [6, 6.07) is 6.87. The van der Waals surface area contributed by atoms with Crippen molar-refractivity contribution >= 4 is 29.3 Å². The van der Waals surface area contributed by atoms with E-state index in [0.717, 1.165) is 17.8 Å². The van der Waals surface area contributed by atoms with Crippen LogP contribution in [0.5, 0.6) is 0 Å². The van der Waals surface area contributed by atoms with E-state index in [4.69, 9.17) is 0 Å². The van der Waals surface area contributed by atoms with Gasteiger partial charge in [-0.2, -0.15) is 11.8 Å². The number of rotatable bonds is 6. The van der Waals surface area contributed by atoms with Crippen LogP contribution in [0, 0.1) is 0 Å². The van der Waals surface area contributed by atoms with Crippen LogP contribution in [0.1, 0.15) is 24.3 Å². The van der Waals surface area contributed by atoms with Gasteiger partial charge in [-0.1, -0.05) is 18.2 Å². The van der Waals surface area contributed by atoms with E-state index in [2.05, 4.69) is 10.6 Å². The second kappa shape index (κ2) is 7.36. The Hall–Kier alpha value is -1.69. The Morgan fingerprint density at radius 1 is 1.48 bits per heavy atom. The normalized spacial score (nSPS) is 18.2. The first kappa shape index (κ1) is 15.7. The van der Waals surface area contributed by atoms with Gasteiger partial charge < -0.3 is 15.7 Å². The molecule has 1 aliphatic rings. The van der Waals surface area contributed by atoms with Crippen LogP contribution >= 0.6 is 11.8 Å². The number of anilines is 1. The van der Waals surface area contributed by atoms with Gasteiger partial charge in [0.05, 0.1) is 5.92 Å². The minimum Gasteiger partial charge on any atom is -0.480 e. The van der Waals surface area contributed by atoms with Crippen LogP contribution in [0.4, 0.5) is 5.69 Å². The van der Waals surface area contributed by atoms with Crippen LogP contribution in [0.25, 0.3) is 0 Å². The number of para-hydroxylation sites is 1. The molecule has 0 fully saturated rings. The molecule has 1 aromatic rings. The fraction of sp³-hybridized carbons (Fsp3) is 0.467. The highest BCUT2D eigenvalue weighted by Gasteiger charge is 2.29. The topological polar surface area (TPSA) is 78.4 Å². The maximum absolute atomic E-state index is 12.4. The maximum atomic E-state index is 12.4.